The summed E-state index contributed by atoms with van der Waals surface area (Å²) in [4.78, 5) is 22.0. The number of fused-ring (bicyclic) bond motifs is 1. The topological polar surface area (TPSA) is 73.8 Å². The van der Waals surface area contributed by atoms with Crippen molar-refractivity contribution in [1.82, 2.24) is 14.2 Å². The van der Waals surface area contributed by atoms with Gasteiger partial charge in [0.15, 0.2) is 5.13 Å². The van der Waals surface area contributed by atoms with Gasteiger partial charge in [0.2, 0.25) is 10.0 Å². The lowest BCUT2D eigenvalue weighted by Gasteiger charge is -2.22. The molecule has 35 heavy (non-hydrogen) atoms. The summed E-state index contributed by atoms with van der Waals surface area (Å²) in [6.07, 6.45) is 3.79. The maximum absolute atomic E-state index is 13.5. The summed E-state index contributed by atoms with van der Waals surface area (Å²) in [5.74, 6) is -0.253. The summed E-state index contributed by atoms with van der Waals surface area (Å²) >= 11 is 7.71. The lowest BCUT2D eigenvalue weighted by Crippen LogP contribution is -2.33. The Balaban J connectivity index is 1.92. The third kappa shape index (κ3) is 6.36. The molecular weight excluding hydrogens is 504 g/mol. The number of thiazole rings is 1. The number of carbonyl (C=O) groups excluding carboxylic acids is 1. The van der Waals surface area contributed by atoms with Crippen LogP contribution in [0.4, 0.5) is 5.13 Å². The van der Waals surface area contributed by atoms with E-state index in [1.165, 1.54) is 52.1 Å². The maximum Gasteiger partial charge on any atom is 0.260 e. The first-order valence-electron chi connectivity index (χ1n) is 11.0. The van der Waals surface area contributed by atoms with Crippen molar-refractivity contribution in [2.75, 3.05) is 45.2 Å². The van der Waals surface area contributed by atoms with Crippen LogP contribution in [0, 0.1) is 0 Å². The van der Waals surface area contributed by atoms with Crippen LogP contribution in [-0.4, -0.2) is 68.8 Å². The van der Waals surface area contributed by atoms with Crippen LogP contribution >= 0.6 is 22.9 Å². The van der Waals surface area contributed by atoms with Crippen LogP contribution in [0.1, 0.15) is 16.8 Å². The number of rotatable bonds is 12. The van der Waals surface area contributed by atoms with Gasteiger partial charge in [-0.1, -0.05) is 41.2 Å². The number of nitrogens with zero attached hydrogens (tertiary/aromatic N) is 4. The Morgan fingerprint density at radius 1 is 1.06 bits per heavy atom. The van der Waals surface area contributed by atoms with Crippen molar-refractivity contribution in [3.63, 3.8) is 0 Å². The fourth-order valence-corrected chi connectivity index (χ4v) is 6.15. The first-order valence-corrected chi connectivity index (χ1v) is 13.7. The van der Waals surface area contributed by atoms with Gasteiger partial charge in [-0.05, 0) is 63.5 Å². The average Bonchev–Trinajstić information content (AvgIpc) is 3.26. The summed E-state index contributed by atoms with van der Waals surface area (Å²) in [5, 5.41) is 1.08. The molecule has 0 aliphatic heterocycles. The largest absolute Gasteiger partial charge is 0.309 e. The van der Waals surface area contributed by atoms with Gasteiger partial charge in [-0.2, -0.15) is 4.31 Å². The number of halogens is 1. The molecule has 1 aromatic heterocycles. The van der Waals surface area contributed by atoms with Crippen LogP contribution in [-0.2, 0) is 10.0 Å². The Morgan fingerprint density at radius 3 is 2.29 bits per heavy atom. The number of amides is 1. The molecule has 3 aromatic rings. The maximum atomic E-state index is 13.5. The molecule has 0 saturated carbocycles. The van der Waals surface area contributed by atoms with Crippen molar-refractivity contribution in [3.8, 4) is 0 Å². The van der Waals surface area contributed by atoms with Crippen molar-refractivity contribution in [2.24, 2.45) is 0 Å². The molecule has 0 saturated heterocycles. The number of carbonyl (C=O) groups is 1. The summed E-state index contributed by atoms with van der Waals surface area (Å²) < 4.78 is 28.1. The molecule has 10 heteroatoms. The molecule has 2 aromatic carbocycles. The van der Waals surface area contributed by atoms with Gasteiger partial charge in [0.1, 0.15) is 5.52 Å². The van der Waals surface area contributed by atoms with Crippen molar-refractivity contribution in [2.45, 2.75) is 11.3 Å². The van der Waals surface area contributed by atoms with Gasteiger partial charge in [-0.15, -0.1) is 13.2 Å². The lowest BCUT2D eigenvalue weighted by atomic mass is 10.2. The van der Waals surface area contributed by atoms with Crippen LogP contribution in [0.25, 0.3) is 10.2 Å². The van der Waals surface area contributed by atoms with Gasteiger partial charge in [0, 0.05) is 25.2 Å². The Kier molecular flexibility index (Phi) is 9.21. The third-order valence-electron chi connectivity index (χ3n) is 5.23. The third-order valence-corrected chi connectivity index (χ3v) is 8.42. The smallest absolute Gasteiger partial charge is 0.260 e. The van der Waals surface area contributed by atoms with E-state index in [0.29, 0.717) is 27.8 Å². The average molecular weight is 533 g/mol. The molecule has 0 aliphatic rings. The van der Waals surface area contributed by atoms with Gasteiger partial charge in [-0.3, -0.25) is 9.69 Å². The molecule has 7 nitrogen and oxygen atoms in total. The van der Waals surface area contributed by atoms with Crippen molar-refractivity contribution < 1.29 is 13.2 Å². The quantitative estimate of drug-likeness (QED) is 0.310. The SMILES string of the molecule is C=CCN(CC=C)S(=O)(=O)c1ccc(C(=O)N(CCCN(C)C)c2nc3c(Cl)cccc3s2)cc1. The fourth-order valence-electron chi connectivity index (χ4n) is 3.48. The molecule has 0 unspecified atom stereocenters. The van der Waals surface area contributed by atoms with Crippen molar-refractivity contribution in [1.29, 1.82) is 0 Å². The Labute approximate surface area is 216 Å². The minimum absolute atomic E-state index is 0.101. The highest BCUT2D eigenvalue weighted by Gasteiger charge is 2.25. The molecule has 0 aliphatic carbocycles. The van der Waals surface area contributed by atoms with E-state index in [4.69, 9.17) is 11.6 Å². The molecule has 3 rings (SSSR count). The molecule has 0 spiro atoms. The number of hydrogen-bond acceptors (Lipinski definition) is 6. The first kappa shape index (κ1) is 27.0. The van der Waals surface area contributed by atoms with Gasteiger partial charge in [0.25, 0.3) is 5.91 Å². The van der Waals surface area contributed by atoms with E-state index in [2.05, 4.69) is 23.0 Å². The van der Waals surface area contributed by atoms with Crippen LogP contribution in [0.3, 0.4) is 0 Å². The summed E-state index contributed by atoms with van der Waals surface area (Å²) in [6, 6.07) is 11.5. The Bertz CT molecular complexity index is 1290. The van der Waals surface area contributed by atoms with E-state index in [9.17, 15) is 13.2 Å². The monoisotopic (exact) mass is 532 g/mol. The number of hydrogen-bond donors (Lipinski definition) is 0. The van der Waals surface area contributed by atoms with Crippen molar-refractivity contribution >= 4 is 54.2 Å². The van der Waals surface area contributed by atoms with E-state index in [0.717, 1.165) is 17.7 Å². The first-order chi connectivity index (χ1) is 16.7. The molecule has 0 fully saturated rings. The molecule has 0 radical (unpaired) electrons. The zero-order valence-corrected chi connectivity index (χ0v) is 22.2. The van der Waals surface area contributed by atoms with E-state index in [-0.39, 0.29) is 23.9 Å². The zero-order valence-electron chi connectivity index (χ0n) is 19.9. The number of benzene rings is 2. The molecule has 0 bridgehead atoms. The van der Waals surface area contributed by atoms with Crippen LogP contribution < -0.4 is 4.90 Å². The highest BCUT2D eigenvalue weighted by molar-refractivity contribution is 7.89. The Morgan fingerprint density at radius 2 is 1.71 bits per heavy atom. The summed E-state index contributed by atoms with van der Waals surface area (Å²) in [5.41, 5.74) is 1.03. The molecule has 186 valence electrons. The second kappa shape index (κ2) is 11.9. The second-order valence-corrected chi connectivity index (χ2v) is 11.5. The molecular formula is C25H29ClN4O3S2. The van der Waals surface area contributed by atoms with Crippen LogP contribution in [0.15, 0.2) is 72.7 Å². The highest BCUT2D eigenvalue weighted by Crippen LogP contribution is 2.33. The number of para-hydroxylation sites is 1. The summed E-state index contributed by atoms with van der Waals surface area (Å²) in [6.45, 7) is 8.83. The Hall–Kier alpha value is -2.56. The lowest BCUT2D eigenvalue weighted by molar-refractivity contribution is 0.0986. The van der Waals surface area contributed by atoms with Crippen LogP contribution in [0.2, 0.25) is 5.02 Å². The molecule has 1 amide bonds. The van der Waals surface area contributed by atoms with E-state index in [1.54, 1.807) is 11.0 Å². The van der Waals surface area contributed by atoms with Gasteiger partial charge < -0.3 is 4.90 Å². The highest BCUT2D eigenvalue weighted by atomic mass is 35.5. The standard InChI is InChI=1S/C25H29ClN4O3S2/c1-5-15-29(16-6-2)35(32,33)20-13-11-19(12-14-20)24(31)30(18-8-17-28(3)4)25-27-23-21(26)9-7-10-22(23)34-25/h5-7,9-14H,1-2,8,15-18H2,3-4H3. The van der Waals surface area contributed by atoms with Gasteiger partial charge in [-0.25, -0.2) is 13.4 Å². The molecule has 0 atom stereocenters. The predicted octanol–water partition coefficient (Wildman–Crippen LogP) is 4.91. The zero-order chi connectivity index (χ0) is 25.6. The molecule has 0 N–H and O–H groups in total. The molecule has 1 heterocycles. The van der Waals surface area contributed by atoms with Crippen molar-refractivity contribution in [3.05, 3.63) is 78.4 Å². The van der Waals surface area contributed by atoms with Gasteiger partial charge >= 0.3 is 0 Å². The van der Waals surface area contributed by atoms with Gasteiger partial charge in [0.05, 0.1) is 14.6 Å². The predicted molar refractivity (Wildman–Crippen MR) is 145 cm³/mol. The van der Waals surface area contributed by atoms with Crippen LogP contribution in [0.5, 0.6) is 0 Å². The minimum atomic E-state index is -3.75. The second-order valence-electron chi connectivity index (χ2n) is 8.12. The van der Waals surface area contributed by atoms with E-state index < -0.39 is 10.0 Å². The number of sulfonamides is 1. The van der Waals surface area contributed by atoms with E-state index >= 15 is 0 Å². The minimum Gasteiger partial charge on any atom is -0.309 e. The van der Waals surface area contributed by atoms with E-state index in [1.807, 2.05) is 26.2 Å². The number of anilines is 1. The summed E-state index contributed by atoms with van der Waals surface area (Å²) in [7, 11) is 0.203. The fraction of sp³-hybridized carbons (Fsp3) is 0.280. The number of aromatic nitrogens is 1. The normalized spacial score (nSPS) is 11.8.